The quantitative estimate of drug-likeness (QED) is 0.800. The average molecular weight is 277 g/mol. The molecule has 0 aliphatic rings. The molecule has 0 amide bonds. The highest BCUT2D eigenvalue weighted by atomic mass is 35.5. The van der Waals surface area contributed by atoms with Gasteiger partial charge in [-0.25, -0.2) is 0 Å². The van der Waals surface area contributed by atoms with Crippen LogP contribution >= 0.6 is 35.0 Å². The third kappa shape index (κ3) is 4.36. The van der Waals surface area contributed by atoms with E-state index in [1.165, 1.54) is 0 Å². The summed E-state index contributed by atoms with van der Waals surface area (Å²) in [7, 11) is 0. The van der Waals surface area contributed by atoms with Gasteiger partial charge in [-0.2, -0.15) is 11.8 Å². The summed E-state index contributed by atoms with van der Waals surface area (Å²) in [5.74, 6) is 0.711. The lowest BCUT2D eigenvalue weighted by Gasteiger charge is -2.06. The highest BCUT2D eigenvalue weighted by molar-refractivity contribution is 8.00. The van der Waals surface area contributed by atoms with Crippen molar-refractivity contribution in [2.45, 2.75) is 25.5 Å². The standard InChI is InChI=1S/C12H14Cl2OS/c1-8(2)16-7-10(15)6-9-4-3-5-11(13)12(9)14/h3-5,8H,6-7H2,1-2H3. The van der Waals surface area contributed by atoms with E-state index < -0.39 is 0 Å². The average Bonchev–Trinajstić information content (AvgIpc) is 2.22. The molecule has 16 heavy (non-hydrogen) atoms. The van der Waals surface area contributed by atoms with Crippen molar-refractivity contribution in [1.82, 2.24) is 0 Å². The molecule has 1 aromatic rings. The molecule has 0 N–H and O–H groups in total. The van der Waals surface area contributed by atoms with Crippen LogP contribution in [0, 0.1) is 0 Å². The monoisotopic (exact) mass is 276 g/mol. The Balaban J connectivity index is 2.59. The van der Waals surface area contributed by atoms with E-state index in [2.05, 4.69) is 13.8 Å². The first-order valence-electron chi connectivity index (χ1n) is 5.07. The van der Waals surface area contributed by atoms with E-state index in [-0.39, 0.29) is 5.78 Å². The number of carbonyl (C=O) groups is 1. The van der Waals surface area contributed by atoms with Gasteiger partial charge in [0.25, 0.3) is 0 Å². The van der Waals surface area contributed by atoms with Crippen molar-refractivity contribution in [3.8, 4) is 0 Å². The van der Waals surface area contributed by atoms with Gasteiger partial charge < -0.3 is 0 Å². The molecule has 1 rings (SSSR count). The van der Waals surface area contributed by atoms with Crippen molar-refractivity contribution in [2.75, 3.05) is 5.75 Å². The lowest BCUT2D eigenvalue weighted by molar-refractivity contribution is -0.116. The molecule has 0 fully saturated rings. The van der Waals surface area contributed by atoms with Gasteiger partial charge in [0, 0.05) is 6.42 Å². The van der Waals surface area contributed by atoms with E-state index in [9.17, 15) is 4.79 Å². The topological polar surface area (TPSA) is 17.1 Å². The molecule has 0 saturated carbocycles. The second-order valence-corrected chi connectivity index (χ2v) is 6.14. The van der Waals surface area contributed by atoms with E-state index in [0.29, 0.717) is 27.5 Å². The number of thioether (sulfide) groups is 1. The maximum Gasteiger partial charge on any atom is 0.147 e. The van der Waals surface area contributed by atoms with E-state index >= 15 is 0 Å². The highest BCUT2D eigenvalue weighted by Crippen LogP contribution is 2.26. The molecule has 0 unspecified atom stereocenters. The maximum atomic E-state index is 11.7. The third-order valence-electron chi connectivity index (χ3n) is 2.00. The van der Waals surface area contributed by atoms with Gasteiger partial charge >= 0.3 is 0 Å². The Labute approximate surface area is 111 Å². The molecule has 0 aliphatic carbocycles. The summed E-state index contributed by atoms with van der Waals surface area (Å²) in [5.41, 5.74) is 0.809. The predicted molar refractivity (Wildman–Crippen MR) is 72.8 cm³/mol. The van der Waals surface area contributed by atoms with Crippen LogP contribution < -0.4 is 0 Å². The number of carbonyl (C=O) groups excluding carboxylic acids is 1. The molecule has 4 heteroatoms. The fourth-order valence-corrected chi connectivity index (χ4v) is 2.22. The number of ketones is 1. The fourth-order valence-electron chi connectivity index (χ4n) is 1.21. The van der Waals surface area contributed by atoms with Crippen LogP contribution in [0.5, 0.6) is 0 Å². The lowest BCUT2D eigenvalue weighted by atomic mass is 10.1. The van der Waals surface area contributed by atoms with Crippen LogP contribution in [0.4, 0.5) is 0 Å². The van der Waals surface area contributed by atoms with Crippen LogP contribution in [0.2, 0.25) is 10.0 Å². The minimum absolute atomic E-state index is 0.183. The van der Waals surface area contributed by atoms with Gasteiger partial charge in [-0.15, -0.1) is 0 Å². The van der Waals surface area contributed by atoms with Gasteiger partial charge in [0.05, 0.1) is 15.8 Å². The van der Waals surface area contributed by atoms with E-state index in [0.717, 1.165) is 5.56 Å². The molecule has 0 radical (unpaired) electrons. The fraction of sp³-hybridized carbons (Fsp3) is 0.417. The maximum absolute atomic E-state index is 11.7. The normalized spacial score (nSPS) is 10.8. The SMILES string of the molecule is CC(C)SCC(=O)Cc1cccc(Cl)c1Cl. The molecule has 0 spiro atoms. The zero-order chi connectivity index (χ0) is 12.1. The first-order chi connectivity index (χ1) is 7.50. The van der Waals surface area contributed by atoms with Gasteiger partial charge in [-0.05, 0) is 16.9 Å². The molecule has 0 aliphatic heterocycles. The first-order valence-corrected chi connectivity index (χ1v) is 6.87. The Morgan fingerprint density at radius 2 is 2.06 bits per heavy atom. The van der Waals surface area contributed by atoms with Crippen LogP contribution in [0.25, 0.3) is 0 Å². The molecule has 0 aromatic heterocycles. The van der Waals surface area contributed by atoms with Crippen LogP contribution in [0.15, 0.2) is 18.2 Å². The number of benzene rings is 1. The molecule has 0 saturated heterocycles. The number of halogens is 2. The molecule has 0 bridgehead atoms. The summed E-state index contributed by atoms with van der Waals surface area (Å²) in [5, 5.41) is 1.47. The summed E-state index contributed by atoms with van der Waals surface area (Å²) in [6.07, 6.45) is 0.360. The second kappa shape index (κ2) is 6.53. The van der Waals surface area contributed by atoms with Crippen molar-refractivity contribution >= 4 is 40.7 Å². The molecule has 1 nitrogen and oxygen atoms in total. The van der Waals surface area contributed by atoms with Crippen molar-refractivity contribution in [3.05, 3.63) is 33.8 Å². The Morgan fingerprint density at radius 3 is 2.69 bits per heavy atom. The molecular weight excluding hydrogens is 263 g/mol. The van der Waals surface area contributed by atoms with Gasteiger partial charge in [0.2, 0.25) is 0 Å². The van der Waals surface area contributed by atoms with Crippen LogP contribution in [-0.4, -0.2) is 16.8 Å². The summed E-state index contributed by atoms with van der Waals surface area (Å²) < 4.78 is 0. The summed E-state index contributed by atoms with van der Waals surface area (Å²) in [6.45, 7) is 4.15. The third-order valence-corrected chi connectivity index (χ3v) is 4.01. The predicted octanol–water partition coefficient (Wildman–Crippen LogP) is 4.25. The van der Waals surface area contributed by atoms with E-state index in [1.54, 1.807) is 17.8 Å². The molecule has 1 aromatic carbocycles. The number of Topliss-reactive ketones (excluding diaryl/α,β-unsaturated/α-hetero) is 1. The number of hydrogen-bond acceptors (Lipinski definition) is 2. The van der Waals surface area contributed by atoms with Crippen LogP contribution in [-0.2, 0) is 11.2 Å². The summed E-state index contributed by atoms with van der Waals surface area (Å²) in [4.78, 5) is 11.7. The Kier molecular flexibility index (Phi) is 5.67. The van der Waals surface area contributed by atoms with Crippen LogP contribution in [0.3, 0.4) is 0 Å². The van der Waals surface area contributed by atoms with E-state index in [1.807, 2.05) is 12.1 Å². The summed E-state index contributed by atoms with van der Waals surface area (Å²) >= 11 is 13.5. The van der Waals surface area contributed by atoms with Crippen molar-refractivity contribution in [2.24, 2.45) is 0 Å². The Hall–Kier alpha value is -0.180. The van der Waals surface area contributed by atoms with Gasteiger partial charge in [-0.3, -0.25) is 4.79 Å². The number of rotatable bonds is 5. The molecule has 0 atom stereocenters. The van der Waals surface area contributed by atoms with Crippen molar-refractivity contribution < 1.29 is 4.79 Å². The Bertz CT molecular complexity index is 377. The Morgan fingerprint density at radius 1 is 1.38 bits per heavy atom. The smallest absolute Gasteiger partial charge is 0.147 e. The first kappa shape index (κ1) is 13.9. The molecule has 88 valence electrons. The molecular formula is C12H14Cl2OS. The van der Waals surface area contributed by atoms with Gasteiger partial charge in [-0.1, -0.05) is 49.2 Å². The number of hydrogen-bond donors (Lipinski definition) is 0. The van der Waals surface area contributed by atoms with Crippen molar-refractivity contribution in [3.63, 3.8) is 0 Å². The molecule has 0 heterocycles. The summed E-state index contributed by atoms with van der Waals surface area (Å²) in [6, 6.07) is 5.37. The van der Waals surface area contributed by atoms with E-state index in [4.69, 9.17) is 23.2 Å². The minimum Gasteiger partial charge on any atom is -0.298 e. The van der Waals surface area contributed by atoms with Crippen LogP contribution in [0.1, 0.15) is 19.4 Å². The van der Waals surface area contributed by atoms with Gasteiger partial charge in [0.15, 0.2) is 0 Å². The zero-order valence-corrected chi connectivity index (χ0v) is 11.6. The zero-order valence-electron chi connectivity index (χ0n) is 9.30. The second-order valence-electron chi connectivity index (χ2n) is 3.79. The lowest BCUT2D eigenvalue weighted by Crippen LogP contribution is -2.08. The largest absolute Gasteiger partial charge is 0.298 e. The van der Waals surface area contributed by atoms with Crippen molar-refractivity contribution in [1.29, 1.82) is 0 Å². The van der Waals surface area contributed by atoms with Gasteiger partial charge in [0.1, 0.15) is 5.78 Å². The highest BCUT2D eigenvalue weighted by Gasteiger charge is 2.10. The minimum atomic E-state index is 0.183.